The van der Waals surface area contributed by atoms with Gasteiger partial charge in [0.05, 0.1) is 0 Å². The first kappa shape index (κ1) is 14.8. The summed E-state index contributed by atoms with van der Waals surface area (Å²) in [6, 6.07) is 15.4. The third-order valence-electron chi connectivity index (χ3n) is 3.82. The highest BCUT2D eigenvalue weighted by molar-refractivity contribution is 5.33. The average molecular weight is 268 g/mol. The first-order valence-electron chi connectivity index (χ1n) is 7.19. The Balaban J connectivity index is 2.11. The molecule has 106 valence electrons. The van der Waals surface area contributed by atoms with Crippen LogP contribution < -0.4 is 11.3 Å². The molecule has 0 heterocycles. The minimum Gasteiger partial charge on any atom is -0.271 e. The van der Waals surface area contributed by atoms with Crippen molar-refractivity contribution in [3.63, 3.8) is 0 Å². The van der Waals surface area contributed by atoms with E-state index in [0.717, 1.165) is 12.8 Å². The van der Waals surface area contributed by atoms with Gasteiger partial charge in [0.25, 0.3) is 0 Å². The lowest BCUT2D eigenvalue weighted by molar-refractivity contribution is 0.514. The molecule has 0 aliphatic carbocycles. The molecule has 1 atom stereocenters. The Morgan fingerprint density at radius 2 is 1.75 bits per heavy atom. The van der Waals surface area contributed by atoms with E-state index >= 15 is 0 Å². The number of hydrazine groups is 1. The van der Waals surface area contributed by atoms with Crippen molar-refractivity contribution in [1.82, 2.24) is 5.43 Å². The van der Waals surface area contributed by atoms with Crippen LogP contribution in [-0.2, 0) is 6.42 Å². The molecule has 2 heteroatoms. The van der Waals surface area contributed by atoms with Crippen LogP contribution in [0.4, 0.5) is 0 Å². The maximum Gasteiger partial charge on any atom is 0.0465 e. The van der Waals surface area contributed by atoms with E-state index in [9.17, 15) is 0 Å². The topological polar surface area (TPSA) is 38.0 Å². The lowest BCUT2D eigenvalue weighted by Gasteiger charge is -2.19. The molecule has 0 radical (unpaired) electrons. The Hall–Kier alpha value is -1.64. The average Bonchev–Trinajstić information content (AvgIpc) is 2.43. The van der Waals surface area contributed by atoms with Crippen molar-refractivity contribution in [1.29, 1.82) is 0 Å². The standard InChI is InChI=1S/C18H24N2/c1-13-5-4-6-16(11-13)9-10-18(20-19)17-12-14(2)7-8-15(17)3/h4-8,11-12,18,20H,9-10,19H2,1-3H3. The van der Waals surface area contributed by atoms with Crippen LogP contribution in [-0.4, -0.2) is 0 Å². The number of nitrogens with one attached hydrogen (secondary N) is 1. The summed E-state index contributed by atoms with van der Waals surface area (Å²) in [7, 11) is 0. The van der Waals surface area contributed by atoms with Crippen LogP contribution in [0.5, 0.6) is 0 Å². The molecule has 0 amide bonds. The first-order chi connectivity index (χ1) is 9.60. The highest BCUT2D eigenvalue weighted by atomic mass is 15.2. The van der Waals surface area contributed by atoms with E-state index in [1.165, 1.54) is 27.8 Å². The third kappa shape index (κ3) is 3.69. The van der Waals surface area contributed by atoms with Crippen LogP contribution in [0.15, 0.2) is 42.5 Å². The second kappa shape index (κ2) is 6.69. The van der Waals surface area contributed by atoms with Gasteiger partial charge in [-0.1, -0.05) is 53.6 Å². The van der Waals surface area contributed by atoms with Crippen molar-refractivity contribution in [2.24, 2.45) is 5.84 Å². The van der Waals surface area contributed by atoms with Crippen molar-refractivity contribution in [3.8, 4) is 0 Å². The van der Waals surface area contributed by atoms with Crippen molar-refractivity contribution in [2.75, 3.05) is 0 Å². The van der Waals surface area contributed by atoms with Crippen molar-refractivity contribution >= 4 is 0 Å². The van der Waals surface area contributed by atoms with Crippen molar-refractivity contribution < 1.29 is 0 Å². The Morgan fingerprint density at radius 3 is 2.45 bits per heavy atom. The van der Waals surface area contributed by atoms with Gasteiger partial charge in [-0.15, -0.1) is 0 Å². The van der Waals surface area contributed by atoms with Gasteiger partial charge in [-0.05, 0) is 50.3 Å². The summed E-state index contributed by atoms with van der Waals surface area (Å²) in [5.41, 5.74) is 9.53. The van der Waals surface area contributed by atoms with Crippen LogP contribution in [0, 0.1) is 20.8 Å². The SMILES string of the molecule is Cc1cccc(CCC(NN)c2cc(C)ccc2C)c1. The predicted molar refractivity (Wildman–Crippen MR) is 85.5 cm³/mol. The molecule has 3 N–H and O–H groups in total. The second-order valence-corrected chi connectivity index (χ2v) is 5.61. The van der Waals surface area contributed by atoms with Gasteiger partial charge in [-0.2, -0.15) is 0 Å². The minimum absolute atomic E-state index is 0.204. The van der Waals surface area contributed by atoms with Crippen molar-refractivity contribution in [3.05, 3.63) is 70.3 Å². The van der Waals surface area contributed by atoms with Gasteiger partial charge >= 0.3 is 0 Å². The molecule has 0 spiro atoms. The number of nitrogens with two attached hydrogens (primary N) is 1. The summed E-state index contributed by atoms with van der Waals surface area (Å²) in [5.74, 6) is 5.77. The van der Waals surface area contributed by atoms with Crippen LogP contribution in [0.1, 0.15) is 40.3 Å². The molecule has 0 aliphatic rings. The van der Waals surface area contributed by atoms with Gasteiger partial charge in [0.2, 0.25) is 0 Å². The van der Waals surface area contributed by atoms with E-state index < -0.39 is 0 Å². The highest BCUT2D eigenvalue weighted by Gasteiger charge is 2.12. The summed E-state index contributed by atoms with van der Waals surface area (Å²) in [4.78, 5) is 0. The van der Waals surface area contributed by atoms with E-state index in [4.69, 9.17) is 5.84 Å². The van der Waals surface area contributed by atoms with Crippen LogP contribution in [0.25, 0.3) is 0 Å². The van der Waals surface area contributed by atoms with Gasteiger partial charge in [0, 0.05) is 6.04 Å². The number of benzene rings is 2. The number of rotatable bonds is 5. The fraction of sp³-hybridized carbons (Fsp3) is 0.333. The normalized spacial score (nSPS) is 12.4. The molecule has 2 aromatic rings. The van der Waals surface area contributed by atoms with Gasteiger partial charge < -0.3 is 0 Å². The summed E-state index contributed by atoms with van der Waals surface area (Å²) in [5, 5.41) is 0. The molecule has 0 bridgehead atoms. The molecule has 0 fully saturated rings. The van der Waals surface area contributed by atoms with E-state index in [1.54, 1.807) is 0 Å². The van der Waals surface area contributed by atoms with Crippen LogP contribution >= 0.6 is 0 Å². The van der Waals surface area contributed by atoms with Gasteiger partial charge in [-0.25, -0.2) is 0 Å². The molecule has 2 nitrogen and oxygen atoms in total. The van der Waals surface area contributed by atoms with E-state index in [-0.39, 0.29) is 6.04 Å². The lowest BCUT2D eigenvalue weighted by atomic mass is 9.94. The van der Waals surface area contributed by atoms with Gasteiger partial charge in [0.1, 0.15) is 0 Å². The molecule has 0 aromatic heterocycles. The Morgan fingerprint density at radius 1 is 1.00 bits per heavy atom. The smallest absolute Gasteiger partial charge is 0.0465 e. The van der Waals surface area contributed by atoms with Crippen LogP contribution in [0.3, 0.4) is 0 Å². The molecule has 0 saturated heterocycles. The third-order valence-corrected chi connectivity index (χ3v) is 3.82. The number of aryl methyl sites for hydroxylation is 4. The fourth-order valence-electron chi connectivity index (χ4n) is 2.64. The summed E-state index contributed by atoms with van der Waals surface area (Å²) >= 11 is 0. The number of hydrogen-bond acceptors (Lipinski definition) is 2. The predicted octanol–water partition coefficient (Wildman–Crippen LogP) is 3.75. The molecule has 0 saturated carbocycles. The fourth-order valence-corrected chi connectivity index (χ4v) is 2.64. The highest BCUT2D eigenvalue weighted by Crippen LogP contribution is 2.23. The molecular formula is C18H24N2. The number of hydrogen-bond donors (Lipinski definition) is 2. The van der Waals surface area contributed by atoms with E-state index in [1.807, 2.05) is 0 Å². The zero-order chi connectivity index (χ0) is 14.5. The van der Waals surface area contributed by atoms with E-state index in [0.29, 0.717) is 0 Å². The maximum absolute atomic E-state index is 5.77. The molecule has 2 rings (SSSR count). The summed E-state index contributed by atoms with van der Waals surface area (Å²) < 4.78 is 0. The minimum atomic E-state index is 0.204. The van der Waals surface area contributed by atoms with Gasteiger partial charge in [-0.3, -0.25) is 11.3 Å². The van der Waals surface area contributed by atoms with E-state index in [2.05, 4.69) is 68.7 Å². The monoisotopic (exact) mass is 268 g/mol. The maximum atomic E-state index is 5.77. The first-order valence-corrected chi connectivity index (χ1v) is 7.19. The van der Waals surface area contributed by atoms with Crippen LogP contribution in [0.2, 0.25) is 0 Å². The molecule has 1 unspecified atom stereocenters. The molecule has 0 aliphatic heterocycles. The summed E-state index contributed by atoms with van der Waals surface area (Å²) in [6.07, 6.45) is 2.04. The molecule has 2 aromatic carbocycles. The lowest BCUT2D eigenvalue weighted by Crippen LogP contribution is -2.29. The molecule has 20 heavy (non-hydrogen) atoms. The van der Waals surface area contributed by atoms with Crippen molar-refractivity contribution in [2.45, 2.75) is 39.7 Å². The largest absolute Gasteiger partial charge is 0.271 e. The Kier molecular flexibility index (Phi) is 4.94. The molecular weight excluding hydrogens is 244 g/mol. The zero-order valence-electron chi connectivity index (χ0n) is 12.6. The Bertz CT molecular complexity index is 575. The quantitative estimate of drug-likeness (QED) is 0.640. The Labute approximate surface area is 122 Å². The van der Waals surface area contributed by atoms with Gasteiger partial charge in [0.15, 0.2) is 0 Å². The summed E-state index contributed by atoms with van der Waals surface area (Å²) in [6.45, 7) is 6.40. The zero-order valence-corrected chi connectivity index (χ0v) is 12.6. The second-order valence-electron chi connectivity index (χ2n) is 5.61.